The van der Waals surface area contributed by atoms with Crippen LogP contribution < -0.4 is 0 Å². The van der Waals surface area contributed by atoms with Crippen LogP contribution in [0.1, 0.15) is 13.8 Å². The third-order valence-corrected chi connectivity index (χ3v) is 1.59. The Hall–Kier alpha value is -0.520. The number of allylic oxidation sites excluding steroid dienone is 3. The number of hydrogen-bond acceptors (Lipinski definition) is 0. The lowest BCUT2D eigenvalue weighted by molar-refractivity contribution is 0.772. The van der Waals surface area contributed by atoms with E-state index in [1.165, 1.54) is 5.57 Å². The molecule has 0 aliphatic heterocycles. The van der Waals surface area contributed by atoms with Crippen LogP contribution in [0.5, 0.6) is 0 Å². The Labute approximate surface area is 44.5 Å². The van der Waals surface area contributed by atoms with Gasteiger partial charge in [-0.1, -0.05) is 24.3 Å². The molecule has 0 bridgehead atoms. The molecular formula is C7H10. The maximum atomic E-state index is 3.83. The average molecular weight is 94.2 g/mol. The van der Waals surface area contributed by atoms with E-state index in [-0.39, 0.29) is 0 Å². The summed E-state index contributed by atoms with van der Waals surface area (Å²) >= 11 is 0. The highest BCUT2D eigenvalue weighted by Crippen LogP contribution is 2.39. The summed E-state index contributed by atoms with van der Waals surface area (Å²) in [7, 11) is 0. The van der Waals surface area contributed by atoms with Crippen LogP contribution in [-0.2, 0) is 0 Å². The van der Waals surface area contributed by atoms with Gasteiger partial charge in [0.2, 0.25) is 0 Å². The van der Waals surface area contributed by atoms with Crippen molar-refractivity contribution >= 4 is 0 Å². The minimum Gasteiger partial charge on any atom is -0.0990 e. The second-order valence-corrected chi connectivity index (χ2v) is 2.40. The standard InChI is InChI=1S/C7H10/c1-6(2)7(3)4-5-7/h4-5H,1H2,2-3H3. The van der Waals surface area contributed by atoms with E-state index in [1.807, 2.05) is 0 Å². The molecule has 38 valence electrons. The molecule has 0 saturated carbocycles. The van der Waals surface area contributed by atoms with E-state index in [4.69, 9.17) is 0 Å². The molecule has 0 heterocycles. The van der Waals surface area contributed by atoms with Gasteiger partial charge in [0.05, 0.1) is 0 Å². The van der Waals surface area contributed by atoms with Crippen LogP contribution in [0.4, 0.5) is 0 Å². The lowest BCUT2D eigenvalue weighted by atomic mass is 10.00. The molecule has 7 heavy (non-hydrogen) atoms. The van der Waals surface area contributed by atoms with Gasteiger partial charge >= 0.3 is 0 Å². The predicted octanol–water partition coefficient (Wildman–Crippen LogP) is 2.14. The van der Waals surface area contributed by atoms with E-state index in [2.05, 4.69) is 32.6 Å². The normalized spacial score (nSPS) is 22.0. The van der Waals surface area contributed by atoms with Crippen molar-refractivity contribution in [3.63, 3.8) is 0 Å². The van der Waals surface area contributed by atoms with Gasteiger partial charge in [-0.2, -0.15) is 0 Å². The number of rotatable bonds is 1. The highest BCUT2D eigenvalue weighted by molar-refractivity contribution is 5.36. The summed E-state index contributed by atoms with van der Waals surface area (Å²) < 4.78 is 0. The monoisotopic (exact) mass is 94.1 g/mol. The Morgan fingerprint density at radius 3 is 2.00 bits per heavy atom. The zero-order valence-corrected chi connectivity index (χ0v) is 4.86. The van der Waals surface area contributed by atoms with Gasteiger partial charge in [-0.25, -0.2) is 0 Å². The van der Waals surface area contributed by atoms with E-state index in [0.29, 0.717) is 5.41 Å². The predicted molar refractivity (Wildman–Crippen MR) is 32.1 cm³/mol. The Kier molecular flexibility index (Phi) is 0.663. The Morgan fingerprint density at radius 1 is 1.57 bits per heavy atom. The first-order valence-electron chi connectivity index (χ1n) is 2.51. The lowest BCUT2D eigenvalue weighted by Gasteiger charge is -2.04. The van der Waals surface area contributed by atoms with Gasteiger partial charge in [0.25, 0.3) is 0 Å². The molecule has 0 unspecified atom stereocenters. The van der Waals surface area contributed by atoms with Crippen molar-refractivity contribution in [3.05, 3.63) is 24.3 Å². The zero-order valence-electron chi connectivity index (χ0n) is 4.86. The second-order valence-electron chi connectivity index (χ2n) is 2.40. The maximum Gasteiger partial charge on any atom is 0.0238 e. The number of hydrogen-bond donors (Lipinski definition) is 0. The highest BCUT2D eigenvalue weighted by atomic mass is 14.3. The molecule has 1 aliphatic rings. The smallest absolute Gasteiger partial charge is 0.0238 e. The van der Waals surface area contributed by atoms with Crippen LogP contribution in [0, 0.1) is 5.41 Å². The molecular weight excluding hydrogens is 84.1 g/mol. The van der Waals surface area contributed by atoms with Crippen LogP contribution in [-0.4, -0.2) is 0 Å². The van der Waals surface area contributed by atoms with Crippen LogP contribution >= 0.6 is 0 Å². The Balaban J connectivity index is 2.58. The largest absolute Gasteiger partial charge is 0.0990 e. The van der Waals surface area contributed by atoms with Crippen molar-refractivity contribution in [2.75, 3.05) is 0 Å². The molecule has 0 nitrogen and oxygen atoms in total. The average Bonchev–Trinajstić information content (AvgIpc) is 2.21. The van der Waals surface area contributed by atoms with Gasteiger partial charge in [-0.05, 0) is 13.8 Å². The van der Waals surface area contributed by atoms with Gasteiger partial charge in [-0.3, -0.25) is 0 Å². The van der Waals surface area contributed by atoms with Gasteiger partial charge < -0.3 is 0 Å². The van der Waals surface area contributed by atoms with Crippen LogP contribution in [0.25, 0.3) is 0 Å². The Morgan fingerprint density at radius 2 is 2.00 bits per heavy atom. The molecule has 0 aromatic carbocycles. The highest BCUT2D eigenvalue weighted by Gasteiger charge is 2.27. The molecule has 0 saturated heterocycles. The van der Waals surface area contributed by atoms with Crippen molar-refractivity contribution in [2.24, 2.45) is 5.41 Å². The van der Waals surface area contributed by atoms with E-state index in [1.54, 1.807) is 0 Å². The van der Waals surface area contributed by atoms with Gasteiger partial charge in [0.1, 0.15) is 0 Å². The van der Waals surface area contributed by atoms with Crippen molar-refractivity contribution in [3.8, 4) is 0 Å². The van der Waals surface area contributed by atoms with Crippen molar-refractivity contribution < 1.29 is 0 Å². The summed E-state index contributed by atoms with van der Waals surface area (Å²) in [6.45, 7) is 8.04. The van der Waals surface area contributed by atoms with Crippen LogP contribution in [0.3, 0.4) is 0 Å². The summed E-state index contributed by atoms with van der Waals surface area (Å²) in [6.07, 6.45) is 4.32. The zero-order chi connectivity index (χ0) is 5.49. The van der Waals surface area contributed by atoms with Crippen LogP contribution in [0.15, 0.2) is 24.3 Å². The van der Waals surface area contributed by atoms with Crippen molar-refractivity contribution in [1.82, 2.24) is 0 Å². The fraction of sp³-hybridized carbons (Fsp3) is 0.429. The molecule has 0 heteroatoms. The molecule has 1 aliphatic carbocycles. The molecule has 0 atom stereocenters. The Bertz CT molecular complexity index is 123. The molecule has 0 spiro atoms. The summed E-state index contributed by atoms with van der Waals surface area (Å²) in [4.78, 5) is 0. The summed E-state index contributed by atoms with van der Waals surface area (Å²) in [5.41, 5.74) is 1.55. The van der Waals surface area contributed by atoms with Gasteiger partial charge in [-0.15, -0.1) is 0 Å². The molecule has 0 amide bonds. The molecule has 1 rings (SSSR count). The first-order valence-corrected chi connectivity index (χ1v) is 2.51. The molecule has 0 aromatic heterocycles. The van der Waals surface area contributed by atoms with Crippen molar-refractivity contribution in [1.29, 1.82) is 0 Å². The van der Waals surface area contributed by atoms with E-state index >= 15 is 0 Å². The van der Waals surface area contributed by atoms with Crippen LogP contribution in [0.2, 0.25) is 0 Å². The topological polar surface area (TPSA) is 0 Å². The molecule has 0 fully saturated rings. The molecule has 0 radical (unpaired) electrons. The molecule has 0 aromatic rings. The van der Waals surface area contributed by atoms with Gasteiger partial charge in [0.15, 0.2) is 0 Å². The molecule has 0 N–H and O–H groups in total. The van der Waals surface area contributed by atoms with Gasteiger partial charge in [0, 0.05) is 5.41 Å². The summed E-state index contributed by atoms with van der Waals surface area (Å²) in [5.74, 6) is 0. The van der Waals surface area contributed by atoms with Crippen molar-refractivity contribution in [2.45, 2.75) is 13.8 Å². The summed E-state index contributed by atoms with van der Waals surface area (Å²) in [6, 6.07) is 0. The van der Waals surface area contributed by atoms with E-state index < -0.39 is 0 Å². The minimum atomic E-state index is 0.306. The maximum absolute atomic E-state index is 3.83. The minimum absolute atomic E-state index is 0.306. The third kappa shape index (κ3) is 0.604. The quantitative estimate of drug-likeness (QED) is 0.437. The first-order chi connectivity index (χ1) is 3.15. The third-order valence-electron chi connectivity index (χ3n) is 1.59. The SMILES string of the molecule is C=C(C)C1(C)C=C1. The second kappa shape index (κ2) is 1.00. The summed E-state index contributed by atoms with van der Waals surface area (Å²) in [5, 5.41) is 0. The lowest BCUT2D eigenvalue weighted by Crippen LogP contribution is -1.93. The first kappa shape index (κ1) is 4.63. The fourth-order valence-electron chi connectivity index (χ4n) is 0.410. The van der Waals surface area contributed by atoms with E-state index in [9.17, 15) is 0 Å². The fourth-order valence-corrected chi connectivity index (χ4v) is 0.410. The van der Waals surface area contributed by atoms with E-state index in [0.717, 1.165) is 0 Å².